The first kappa shape index (κ1) is 33.9. The Bertz CT molecular complexity index is 709. The van der Waals surface area contributed by atoms with Crippen molar-refractivity contribution in [2.75, 3.05) is 19.8 Å². The number of nitrogens with zero attached hydrogens (tertiary/aromatic N) is 2. The van der Waals surface area contributed by atoms with Crippen molar-refractivity contribution in [2.24, 2.45) is 0 Å². The Balaban J connectivity index is -0.00000111. The minimum Gasteiger partial charge on any atom is -0.665 e. The Hall–Kier alpha value is -2.72. The Kier molecular flexibility index (Phi) is 24.3. The zero-order valence-corrected chi connectivity index (χ0v) is 19.3. The third kappa shape index (κ3) is 15.1. The van der Waals surface area contributed by atoms with E-state index in [2.05, 4.69) is 44.4 Å². The summed E-state index contributed by atoms with van der Waals surface area (Å²) in [6, 6.07) is 6.85. The largest absolute Gasteiger partial charge is 4.00 e. The van der Waals surface area contributed by atoms with E-state index in [1.807, 2.05) is 16.7 Å². The van der Waals surface area contributed by atoms with Crippen LogP contribution in [0.25, 0.3) is 5.73 Å². The molecule has 1 aromatic carbocycles. The number of benzene rings is 1. The number of carbonyl (C=O) groups is 1. The van der Waals surface area contributed by atoms with E-state index in [1.165, 1.54) is 5.56 Å². The summed E-state index contributed by atoms with van der Waals surface area (Å²) in [4.78, 5) is 37.3. The Morgan fingerprint density at radius 3 is 2.22 bits per heavy atom. The van der Waals surface area contributed by atoms with Crippen molar-refractivity contribution in [1.82, 2.24) is 9.55 Å². The molecule has 0 aliphatic heterocycles. The number of carboxylic acids is 1. The van der Waals surface area contributed by atoms with Gasteiger partial charge in [0, 0.05) is 12.7 Å². The van der Waals surface area contributed by atoms with Gasteiger partial charge in [0.25, 0.3) is 5.97 Å². The van der Waals surface area contributed by atoms with Gasteiger partial charge in [0.2, 0.25) is 0 Å². The topological polar surface area (TPSA) is 149 Å². The summed E-state index contributed by atoms with van der Waals surface area (Å²) in [5, 5.41) is 8.73. The van der Waals surface area contributed by atoms with Gasteiger partial charge in [0.1, 0.15) is 12.4 Å². The van der Waals surface area contributed by atoms with E-state index in [-0.39, 0.29) is 26.5 Å². The SMILES string of the molecule is CCc1ccc(OCCOCCn2cnc(CC([NH-])C(=O)O)c2)cc1.[C-]=O.[C-]=O.[C-]=O.[Tc+4]. The zero-order chi connectivity index (χ0) is 24.1. The standard InChI is InChI=1S/C18H24N3O4.3CO.Tc/c1-2-14-3-5-16(6-4-14)25-10-9-24-8-7-21-12-15(20-13-21)11-17(19)18(22)23;3*1-2;/h3-6,12-13,17,19H,2,7-11H2,1H3,(H,22,23);;;;/q4*-1;+4. The minimum atomic E-state index is -1.18. The van der Waals surface area contributed by atoms with E-state index in [0.717, 1.165) is 12.2 Å². The second kappa shape index (κ2) is 23.0. The van der Waals surface area contributed by atoms with Crippen LogP contribution in [0, 0.1) is 0 Å². The fraction of sp³-hybridized carbons (Fsp3) is 0.381. The van der Waals surface area contributed by atoms with Crippen molar-refractivity contribution >= 4 is 26.3 Å². The summed E-state index contributed by atoms with van der Waals surface area (Å²) in [5.41, 5.74) is 9.27. The third-order valence-electron chi connectivity index (χ3n) is 3.72. The predicted molar refractivity (Wildman–Crippen MR) is 111 cm³/mol. The summed E-state index contributed by atoms with van der Waals surface area (Å²) in [6.07, 6.45) is 4.49. The van der Waals surface area contributed by atoms with Gasteiger partial charge in [-0.15, -0.1) is 0 Å². The molecule has 11 heteroatoms. The summed E-state index contributed by atoms with van der Waals surface area (Å²) in [7, 11) is 0. The van der Waals surface area contributed by atoms with Crippen molar-refractivity contribution in [3.63, 3.8) is 0 Å². The second-order valence-electron chi connectivity index (χ2n) is 5.66. The fourth-order valence-corrected chi connectivity index (χ4v) is 2.24. The van der Waals surface area contributed by atoms with Gasteiger partial charge in [-0.05, 0) is 36.6 Å². The Morgan fingerprint density at radius 2 is 1.69 bits per heavy atom. The second-order valence-corrected chi connectivity index (χ2v) is 5.66. The molecular weight excluding hydrogens is 504 g/mol. The average molecular weight is 528 g/mol. The van der Waals surface area contributed by atoms with Gasteiger partial charge in [-0.25, -0.2) is 4.98 Å². The zero-order valence-electron chi connectivity index (χ0n) is 17.5. The molecule has 1 heterocycles. The number of rotatable bonds is 11. The van der Waals surface area contributed by atoms with Crippen LogP contribution in [0.15, 0.2) is 36.8 Å². The van der Waals surface area contributed by atoms with Crippen LogP contribution in [-0.4, -0.2) is 66.9 Å². The molecule has 0 fully saturated rings. The first-order valence-electron chi connectivity index (χ1n) is 8.93. The van der Waals surface area contributed by atoms with Gasteiger partial charge >= 0.3 is 20.1 Å². The van der Waals surface area contributed by atoms with Crippen LogP contribution in [0.1, 0.15) is 18.2 Å². The molecule has 0 saturated heterocycles. The molecule has 172 valence electrons. The number of aryl methyl sites for hydroxylation is 1. The van der Waals surface area contributed by atoms with E-state index in [0.29, 0.717) is 32.1 Å². The van der Waals surface area contributed by atoms with Gasteiger partial charge in [-0.1, -0.05) is 19.1 Å². The van der Waals surface area contributed by atoms with Crippen LogP contribution in [-0.2, 0) is 63.4 Å². The Labute approximate surface area is 201 Å². The van der Waals surface area contributed by atoms with E-state index < -0.39 is 12.0 Å². The Morgan fingerprint density at radius 1 is 1.09 bits per heavy atom. The van der Waals surface area contributed by atoms with Crippen molar-refractivity contribution in [3.8, 4) is 5.75 Å². The average Bonchev–Trinajstić information content (AvgIpc) is 3.27. The molecule has 2 N–H and O–H groups in total. The molecule has 2 aromatic rings. The number of hydrogen-bond acceptors (Lipinski definition) is 7. The molecule has 32 heavy (non-hydrogen) atoms. The molecule has 0 aliphatic rings. The van der Waals surface area contributed by atoms with Crippen LogP contribution in [0.3, 0.4) is 0 Å². The van der Waals surface area contributed by atoms with Gasteiger partial charge < -0.3 is 59.6 Å². The fourth-order valence-electron chi connectivity index (χ4n) is 2.24. The summed E-state index contributed by atoms with van der Waals surface area (Å²) in [5.74, 6) is -0.300. The molecule has 2 rings (SSSR count). The molecule has 0 bridgehead atoms. The quantitative estimate of drug-likeness (QED) is 0.340. The minimum absolute atomic E-state index is 0. The van der Waals surface area contributed by atoms with Crippen molar-refractivity contribution < 1.29 is 53.9 Å². The number of hydrogen-bond donors (Lipinski definition) is 1. The molecule has 1 unspecified atom stereocenters. The molecule has 1 atom stereocenters. The first-order valence-corrected chi connectivity index (χ1v) is 8.93. The number of carboxylic acid groups (broad SMARTS) is 1. The normalized spacial score (nSPS) is 9.81. The van der Waals surface area contributed by atoms with E-state index >= 15 is 0 Å². The third-order valence-corrected chi connectivity index (χ3v) is 3.72. The first-order chi connectivity index (χ1) is 15.1. The van der Waals surface area contributed by atoms with Crippen molar-refractivity contribution in [2.45, 2.75) is 32.4 Å². The van der Waals surface area contributed by atoms with Gasteiger partial charge in [-0.3, -0.25) is 4.79 Å². The van der Waals surface area contributed by atoms with E-state index in [1.54, 1.807) is 12.5 Å². The molecular formula is C21H24N3O7Tc. The molecule has 10 nitrogen and oxygen atoms in total. The maximum Gasteiger partial charge on any atom is 4.00 e. The van der Waals surface area contributed by atoms with Crippen molar-refractivity contribution in [1.29, 1.82) is 0 Å². The van der Waals surface area contributed by atoms with E-state index in [4.69, 9.17) is 34.7 Å². The van der Waals surface area contributed by atoms with Crippen molar-refractivity contribution in [3.05, 3.63) is 53.8 Å². The van der Waals surface area contributed by atoms with Gasteiger partial charge in [0.15, 0.2) is 0 Å². The molecule has 4 radical (unpaired) electrons. The maximum absolute atomic E-state index is 10.7. The summed E-state index contributed by atoms with van der Waals surface area (Å²) in [6.45, 7) is 17.7. The predicted octanol–water partition coefficient (Wildman–Crippen LogP) is 1.40. The van der Waals surface area contributed by atoms with E-state index in [9.17, 15) is 4.79 Å². The maximum atomic E-state index is 10.7. The smallest absolute Gasteiger partial charge is 0.665 e. The van der Waals surface area contributed by atoms with Gasteiger partial charge in [-0.2, -0.15) is 0 Å². The number of imidazole rings is 1. The number of carbonyl (C=O) groups excluding carboxylic acids is 3. The van der Waals surface area contributed by atoms with Crippen LogP contribution >= 0.6 is 0 Å². The summed E-state index contributed by atoms with van der Waals surface area (Å²) < 4.78 is 13.0. The molecule has 0 saturated carbocycles. The molecule has 0 aliphatic carbocycles. The molecule has 1 aromatic heterocycles. The van der Waals surface area contributed by atoms with Crippen LogP contribution < -0.4 is 4.74 Å². The van der Waals surface area contributed by atoms with Gasteiger partial charge in [0.05, 0.1) is 25.2 Å². The number of aromatic nitrogens is 2. The number of aliphatic carboxylic acids is 1. The van der Waals surface area contributed by atoms with Crippen LogP contribution in [0.2, 0.25) is 0 Å². The summed E-state index contributed by atoms with van der Waals surface area (Å²) >= 11 is 0. The van der Waals surface area contributed by atoms with Crippen LogP contribution in [0.4, 0.5) is 0 Å². The molecule has 0 spiro atoms. The number of nitrogens with one attached hydrogen (secondary N) is 1. The molecule has 0 amide bonds. The monoisotopic (exact) mass is 527 g/mol. The van der Waals surface area contributed by atoms with Crippen LogP contribution in [0.5, 0.6) is 5.75 Å². The number of ether oxygens (including phenoxy) is 2.